The Morgan fingerprint density at radius 1 is 1.04 bits per heavy atom. The summed E-state index contributed by atoms with van der Waals surface area (Å²) in [5, 5.41) is 12.5. The predicted octanol–water partition coefficient (Wildman–Crippen LogP) is 6.35. The molecule has 3 aromatic rings. The van der Waals surface area contributed by atoms with Crippen LogP contribution in [0.1, 0.15) is 10.6 Å². The summed E-state index contributed by atoms with van der Waals surface area (Å²) >= 11 is 8.13. The van der Waals surface area contributed by atoms with Crippen molar-refractivity contribution < 1.29 is 9.50 Å². The number of nitrogens with zero attached hydrogens (tertiary/aromatic N) is 1. The lowest BCUT2D eigenvalue weighted by Gasteiger charge is -2.01. The molecule has 0 unspecified atom stereocenters. The van der Waals surface area contributed by atoms with Gasteiger partial charge >= 0.3 is 0 Å². The molecule has 0 aliphatic carbocycles. The maximum Gasteiger partial charge on any atom is 0.143 e. The standard InChI is InChI=1S/C17H10Br2FNOS/c18-13-7-10(8-14(19)17(13)22)1-6-16-21-15(9-23-16)11-2-4-12(20)5-3-11/h1-9,22H/b6-1+. The molecular formula is C17H10Br2FNOS. The molecular weight excluding hydrogens is 445 g/mol. The monoisotopic (exact) mass is 453 g/mol. The fourth-order valence-corrected chi connectivity index (χ4v) is 3.91. The maximum absolute atomic E-state index is 13.0. The van der Waals surface area contributed by atoms with Gasteiger partial charge in [-0.2, -0.15) is 0 Å². The Hall–Kier alpha value is -1.50. The van der Waals surface area contributed by atoms with Crippen molar-refractivity contribution in [3.63, 3.8) is 0 Å². The van der Waals surface area contributed by atoms with E-state index in [-0.39, 0.29) is 11.6 Å². The van der Waals surface area contributed by atoms with Crippen molar-refractivity contribution in [2.45, 2.75) is 0 Å². The zero-order valence-corrected chi connectivity index (χ0v) is 15.6. The highest BCUT2D eigenvalue weighted by atomic mass is 79.9. The number of hydrogen-bond acceptors (Lipinski definition) is 3. The van der Waals surface area contributed by atoms with Crippen molar-refractivity contribution in [1.82, 2.24) is 4.98 Å². The van der Waals surface area contributed by atoms with Gasteiger partial charge in [-0.05, 0) is 79.9 Å². The van der Waals surface area contributed by atoms with Gasteiger partial charge in [0, 0.05) is 10.9 Å². The van der Waals surface area contributed by atoms with Crippen molar-refractivity contribution in [1.29, 1.82) is 0 Å². The Morgan fingerprint density at radius 3 is 2.35 bits per heavy atom. The Labute approximate surface area is 153 Å². The minimum Gasteiger partial charge on any atom is -0.506 e. The molecule has 0 fully saturated rings. The summed E-state index contributed by atoms with van der Waals surface area (Å²) in [7, 11) is 0. The van der Waals surface area contributed by atoms with Crippen LogP contribution in [0.4, 0.5) is 4.39 Å². The fourth-order valence-electron chi connectivity index (χ4n) is 1.97. The van der Waals surface area contributed by atoms with Crippen LogP contribution in [0.15, 0.2) is 50.7 Å². The number of hydrogen-bond donors (Lipinski definition) is 1. The zero-order valence-electron chi connectivity index (χ0n) is 11.6. The minimum absolute atomic E-state index is 0.176. The second-order valence-electron chi connectivity index (χ2n) is 4.74. The smallest absolute Gasteiger partial charge is 0.143 e. The first-order valence-electron chi connectivity index (χ1n) is 6.60. The molecule has 0 aliphatic heterocycles. The molecule has 1 heterocycles. The number of phenolic OH excluding ortho intramolecular Hbond substituents is 1. The summed E-state index contributed by atoms with van der Waals surface area (Å²) in [5.74, 6) is -0.0809. The molecule has 0 spiro atoms. The third kappa shape index (κ3) is 3.88. The number of thiazole rings is 1. The van der Waals surface area contributed by atoms with Gasteiger partial charge in [0.1, 0.15) is 16.6 Å². The zero-order chi connectivity index (χ0) is 16.4. The first-order chi connectivity index (χ1) is 11.0. The van der Waals surface area contributed by atoms with Gasteiger partial charge in [0.15, 0.2) is 0 Å². The topological polar surface area (TPSA) is 33.1 Å². The number of benzene rings is 2. The van der Waals surface area contributed by atoms with Crippen molar-refractivity contribution in [2.24, 2.45) is 0 Å². The highest BCUT2D eigenvalue weighted by Gasteiger charge is 2.05. The Morgan fingerprint density at radius 2 is 1.70 bits per heavy atom. The van der Waals surface area contributed by atoms with E-state index in [1.807, 2.05) is 29.7 Å². The summed E-state index contributed by atoms with van der Waals surface area (Å²) in [6, 6.07) is 9.93. The molecule has 0 amide bonds. The van der Waals surface area contributed by atoms with Gasteiger partial charge in [-0.1, -0.05) is 6.08 Å². The second-order valence-corrected chi connectivity index (χ2v) is 7.34. The largest absolute Gasteiger partial charge is 0.506 e. The normalized spacial score (nSPS) is 11.3. The summed E-state index contributed by atoms with van der Waals surface area (Å²) < 4.78 is 14.2. The molecule has 2 aromatic carbocycles. The van der Waals surface area contributed by atoms with Crippen LogP contribution in [0.25, 0.3) is 23.4 Å². The number of aromatic hydroxyl groups is 1. The molecule has 0 aliphatic rings. The van der Waals surface area contributed by atoms with Gasteiger partial charge in [-0.25, -0.2) is 9.37 Å². The van der Waals surface area contributed by atoms with Gasteiger partial charge in [0.05, 0.1) is 14.6 Å². The van der Waals surface area contributed by atoms with E-state index >= 15 is 0 Å². The molecule has 3 rings (SSSR count). The molecule has 0 atom stereocenters. The van der Waals surface area contributed by atoms with E-state index in [0.717, 1.165) is 21.8 Å². The highest BCUT2D eigenvalue weighted by molar-refractivity contribution is 9.11. The van der Waals surface area contributed by atoms with Gasteiger partial charge in [-0.15, -0.1) is 11.3 Å². The minimum atomic E-state index is -0.257. The summed E-state index contributed by atoms with van der Waals surface area (Å²) in [6.45, 7) is 0. The first-order valence-corrected chi connectivity index (χ1v) is 9.07. The molecule has 0 radical (unpaired) electrons. The van der Waals surface area contributed by atoms with Gasteiger partial charge < -0.3 is 5.11 Å². The number of phenols is 1. The quantitative estimate of drug-likeness (QED) is 0.500. The van der Waals surface area contributed by atoms with Crippen LogP contribution in [0.5, 0.6) is 5.75 Å². The predicted molar refractivity (Wildman–Crippen MR) is 99.9 cm³/mol. The molecule has 23 heavy (non-hydrogen) atoms. The van der Waals surface area contributed by atoms with E-state index in [1.165, 1.54) is 23.5 Å². The van der Waals surface area contributed by atoms with E-state index in [0.29, 0.717) is 8.95 Å². The van der Waals surface area contributed by atoms with Crippen molar-refractivity contribution in [3.8, 4) is 17.0 Å². The highest BCUT2D eigenvalue weighted by Crippen LogP contribution is 2.34. The average Bonchev–Trinajstić information content (AvgIpc) is 3.00. The van der Waals surface area contributed by atoms with Crippen molar-refractivity contribution in [2.75, 3.05) is 0 Å². The molecule has 0 bridgehead atoms. The van der Waals surface area contributed by atoms with Crippen LogP contribution in [-0.2, 0) is 0 Å². The van der Waals surface area contributed by atoms with Crippen LogP contribution < -0.4 is 0 Å². The first kappa shape index (κ1) is 16.4. The van der Waals surface area contributed by atoms with Crippen LogP contribution in [-0.4, -0.2) is 10.1 Å². The lowest BCUT2D eigenvalue weighted by molar-refractivity contribution is 0.468. The van der Waals surface area contributed by atoms with Crippen molar-refractivity contribution >= 4 is 55.3 Å². The third-order valence-corrected chi connectivity index (χ3v) is 5.14. The molecule has 0 saturated carbocycles. The van der Waals surface area contributed by atoms with Crippen molar-refractivity contribution in [3.05, 3.63) is 67.1 Å². The second kappa shape index (κ2) is 6.95. The molecule has 2 nitrogen and oxygen atoms in total. The van der Waals surface area contributed by atoms with E-state index in [4.69, 9.17) is 0 Å². The molecule has 116 valence electrons. The van der Waals surface area contributed by atoms with Gasteiger partial charge in [0.2, 0.25) is 0 Å². The maximum atomic E-state index is 13.0. The van der Waals surface area contributed by atoms with E-state index in [9.17, 15) is 9.50 Å². The summed E-state index contributed by atoms with van der Waals surface area (Å²) in [5.41, 5.74) is 2.64. The van der Waals surface area contributed by atoms with Crippen LogP contribution >= 0.6 is 43.2 Å². The lowest BCUT2D eigenvalue weighted by atomic mass is 10.2. The number of halogens is 3. The summed E-state index contributed by atoms with van der Waals surface area (Å²) in [6.07, 6.45) is 3.82. The molecule has 1 N–H and O–H groups in total. The number of rotatable bonds is 3. The third-order valence-electron chi connectivity index (χ3n) is 3.12. The summed E-state index contributed by atoms with van der Waals surface area (Å²) in [4.78, 5) is 4.52. The molecule has 1 aromatic heterocycles. The van der Waals surface area contributed by atoms with Crippen LogP contribution in [0.3, 0.4) is 0 Å². The van der Waals surface area contributed by atoms with Crippen LogP contribution in [0.2, 0.25) is 0 Å². The molecule has 0 saturated heterocycles. The Kier molecular flexibility index (Phi) is 4.94. The SMILES string of the molecule is Oc1c(Br)cc(/C=C/c2nc(-c3ccc(F)cc3)cs2)cc1Br. The Bertz CT molecular complexity index is 852. The van der Waals surface area contributed by atoms with Gasteiger partial charge in [-0.3, -0.25) is 0 Å². The molecule has 6 heteroatoms. The van der Waals surface area contributed by atoms with Crippen LogP contribution in [0, 0.1) is 5.82 Å². The average molecular weight is 455 g/mol. The van der Waals surface area contributed by atoms with E-state index < -0.39 is 0 Å². The van der Waals surface area contributed by atoms with E-state index in [1.54, 1.807) is 12.1 Å². The number of aromatic nitrogens is 1. The Balaban J connectivity index is 1.82. The lowest BCUT2D eigenvalue weighted by Crippen LogP contribution is -1.80. The van der Waals surface area contributed by atoms with E-state index in [2.05, 4.69) is 36.8 Å². The fraction of sp³-hybridized carbons (Fsp3) is 0. The van der Waals surface area contributed by atoms with Gasteiger partial charge in [0.25, 0.3) is 0 Å².